The zero-order valence-electron chi connectivity index (χ0n) is 18.0. The normalized spacial score (nSPS) is 14.1. The van der Waals surface area contributed by atoms with E-state index in [1.165, 1.54) is 24.6 Å². The third-order valence-corrected chi connectivity index (χ3v) is 5.95. The lowest BCUT2D eigenvalue weighted by atomic mass is 9.83. The Labute approximate surface area is 200 Å². The molecule has 1 aliphatic rings. The number of carbonyl (C=O) groups is 1. The van der Waals surface area contributed by atoms with Gasteiger partial charge >= 0.3 is 5.76 Å². The van der Waals surface area contributed by atoms with Crippen molar-refractivity contribution in [2.75, 3.05) is 18.4 Å². The maximum Gasteiger partial charge on any atom is 0.446 e. The number of carbonyl (C=O) groups excluding carboxylic acids is 1. The van der Waals surface area contributed by atoms with Crippen molar-refractivity contribution < 1.29 is 18.3 Å². The molecule has 0 spiro atoms. The first kappa shape index (κ1) is 23.6. The lowest BCUT2D eigenvalue weighted by Crippen LogP contribution is -2.38. The van der Waals surface area contributed by atoms with Crippen LogP contribution >= 0.6 is 15.9 Å². The Hall–Kier alpha value is -3.55. The molecule has 1 aliphatic carbocycles. The molecule has 14 heteroatoms. The van der Waals surface area contributed by atoms with Gasteiger partial charge in [0.15, 0.2) is 11.7 Å². The third-order valence-electron chi connectivity index (χ3n) is 5.34. The highest BCUT2D eigenvalue weighted by Gasteiger charge is 2.23. The fourth-order valence-corrected chi connectivity index (χ4v) is 3.75. The molecule has 3 aromatic rings. The molecule has 1 aromatic carbocycles. The second-order valence-electron chi connectivity index (χ2n) is 7.76. The molecule has 1 amide bonds. The number of nitrogens with zero attached hydrogens (tertiary/aromatic N) is 5. The molecule has 12 nitrogen and oxygen atoms in total. The van der Waals surface area contributed by atoms with Crippen molar-refractivity contribution in [2.24, 2.45) is 16.6 Å². The van der Waals surface area contributed by atoms with Crippen LogP contribution in [-0.4, -0.2) is 45.0 Å². The molecule has 0 radical (unpaired) electrons. The zero-order valence-corrected chi connectivity index (χ0v) is 19.5. The second kappa shape index (κ2) is 10.6. The van der Waals surface area contributed by atoms with Crippen LogP contribution in [0.4, 0.5) is 10.2 Å². The SMILES string of the molecule is NC(=NCCCNc1nonc1-c1noc(=O)n1-c1ccc(F)c(Br)c1)NC(=O)CC1CCC1. The van der Waals surface area contributed by atoms with Crippen molar-refractivity contribution in [3.63, 3.8) is 0 Å². The molecule has 180 valence electrons. The third kappa shape index (κ3) is 5.50. The average molecular weight is 537 g/mol. The van der Waals surface area contributed by atoms with Gasteiger partial charge in [-0.1, -0.05) is 11.6 Å². The van der Waals surface area contributed by atoms with Crippen molar-refractivity contribution >= 4 is 33.6 Å². The van der Waals surface area contributed by atoms with Gasteiger partial charge < -0.3 is 11.1 Å². The van der Waals surface area contributed by atoms with E-state index in [2.05, 4.69) is 47.0 Å². The molecule has 0 bridgehead atoms. The number of halogens is 2. The number of aliphatic imine (C=N–C) groups is 1. The van der Waals surface area contributed by atoms with E-state index in [1.54, 1.807) is 0 Å². The quantitative estimate of drug-likeness (QED) is 0.211. The summed E-state index contributed by atoms with van der Waals surface area (Å²) in [5, 5.41) is 17.0. The Morgan fingerprint density at radius 1 is 1.32 bits per heavy atom. The summed E-state index contributed by atoms with van der Waals surface area (Å²) >= 11 is 3.09. The summed E-state index contributed by atoms with van der Waals surface area (Å²) in [6, 6.07) is 4.01. The average Bonchev–Trinajstić information content (AvgIpc) is 3.38. The topological polar surface area (TPSA) is 166 Å². The summed E-state index contributed by atoms with van der Waals surface area (Å²) in [5.41, 5.74) is 6.21. The molecule has 34 heavy (non-hydrogen) atoms. The first-order valence-electron chi connectivity index (χ1n) is 10.6. The summed E-state index contributed by atoms with van der Waals surface area (Å²) in [6.07, 6.45) is 4.38. The smallest absolute Gasteiger partial charge is 0.370 e. The van der Waals surface area contributed by atoms with E-state index in [0.29, 0.717) is 37.5 Å². The van der Waals surface area contributed by atoms with Gasteiger partial charge in [-0.15, -0.1) is 0 Å². The van der Waals surface area contributed by atoms with Gasteiger partial charge in [0, 0.05) is 19.5 Å². The van der Waals surface area contributed by atoms with Crippen LogP contribution < -0.4 is 22.1 Å². The summed E-state index contributed by atoms with van der Waals surface area (Å²) in [6.45, 7) is 0.777. The number of anilines is 1. The molecular weight excluding hydrogens is 515 g/mol. The van der Waals surface area contributed by atoms with E-state index < -0.39 is 11.6 Å². The van der Waals surface area contributed by atoms with E-state index in [9.17, 15) is 14.0 Å². The van der Waals surface area contributed by atoms with Crippen LogP contribution in [0.25, 0.3) is 17.2 Å². The van der Waals surface area contributed by atoms with Crippen molar-refractivity contribution in [3.05, 3.63) is 39.0 Å². The highest BCUT2D eigenvalue weighted by atomic mass is 79.9. The van der Waals surface area contributed by atoms with Crippen LogP contribution in [0.1, 0.15) is 32.1 Å². The summed E-state index contributed by atoms with van der Waals surface area (Å²) in [5.74, 6) is -0.585. The standard InChI is InChI=1S/C20H22BrFN8O4/c21-13-10-12(5-6-14(13)22)30-18(29-33-20(30)32)16-17(28-34-27-16)24-7-2-8-25-19(23)26-15(31)9-11-3-1-4-11/h5-6,10-11H,1-4,7-9H2,(H,24,28)(H3,23,25,26,31). The number of benzene rings is 1. The molecule has 4 N–H and O–H groups in total. The van der Waals surface area contributed by atoms with Gasteiger partial charge in [0.25, 0.3) is 0 Å². The van der Waals surface area contributed by atoms with E-state index >= 15 is 0 Å². The van der Waals surface area contributed by atoms with E-state index in [1.807, 2.05) is 0 Å². The van der Waals surface area contributed by atoms with Crippen molar-refractivity contribution in [2.45, 2.75) is 32.1 Å². The number of hydrogen-bond donors (Lipinski definition) is 3. The number of hydrogen-bond acceptors (Lipinski definition) is 9. The number of aromatic nitrogens is 4. The molecule has 2 aromatic heterocycles. The predicted molar refractivity (Wildman–Crippen MR) is 123 cm³/mol. The largest absolute Gasteiger partial charge is 0.446 e. The maximum absolute atomic E-state index is 13.6. The van der Waals surface area contributed by atoms with Gasteiger partial charge in [0.05, 0.1) is 10.2 Å². The first-order chi connectivity index (χ1) is 16.4. The number of rotatable bonds is 9. The molecule has 0 aliphatic heterocycles. The van der Waals surface area contributed by atoms with Crippen LogP contribution in [0, 0.1) is 11.7 Å². The van der Waals surface area contributed by atoms with Crippen LogP contribution in [0.2, 0.25) is 0 Å². The molecule has 0 saturated heterocycles. The molecular formula is C20H22BrFN8O4. The monoisotopic (exact) mass is 536 g/mol. The highest BCUT2D eigenvalue weighted by Crippen LogP contribution is 2.29. The minimum Gasteiger partial charge on any atom is -0.370 e. The Kier molecular flexibility index (Phi) is 7.35. The summed E-state index contributed by atoms with van der Waals surface area (Å²) < 4.78 is 24.5. The second-order valence-corrected chi connectivity index (χ2v) is 8.62. The Bertz CT molecular complexity index is 1250. The molecule has 1 saturated carbocycles. The van der Waals surface area contributed by atoms with Crippen molar-refractivity contribution in [1.29, 1.82) is 0 Å². The van der Waals surface area contributed by atoms with Gasteiger partial charge in [-0.25, -0.2) is 18.4 Å². The maximum atomic E-state index is 13.6. The fourth-order valence-electron chi connectivity index (χ4n) is 3.38. The zero-order chi connectivity index (χ0) is 24.1. The van der Waals surface area contributed by atoms with Gasteiger partial charge in [-0.05, 0) is 69.6 Å². The van der Waals surface area contributed by atoms with Crippen LogP contribution in [-0.2, 0) is 4.79 Å². The Morgan fingerprint density at radius 3 is 2.88 bits per heavy atom. The molecule has 0 atom stereocenters. The number of amides is 1. The fraction of sp³-hybridized carbons (Fsp3) is 0.400. The van der Waals surface area contributed by atoms with Gasteiger partial charge in [-0.3, -0.25) is 19.6 Å². The van der Waals surface area contributed by atoms with Crippen LogP contribution in [0.3, 0.4) is 0 Å². The summed E-state index contributed by atoms with van der Waals surface area (Å²) in [4.78, 5) is 28.2. The number of nitrogens with two attached hydrogens (primary N) is 1. The minimum atomic E-state index is -0.786. The molecule has 1 fully saturated rings. The number of nitrogens with one attached hydrogen (secondary N) is 2. The van der Waals surface area contributed by atoms with E-state index in [0.717, 1.165) is 17.4 Å². The molecule has 2 heterocycles. The predicted octanol–water partition coefficient (Wildman–Crippen LogP) is 2.20. The first-order valence-corrected chi connectivity index (χ1v) is 11.4. The lowest BCUT2D eigenvalue weighted by molar-refractivity contribution is -0.121. The van der Waals surface area contributed by atoms with Crippen molar-refractivity contribution in [1.82, 2.24) is 25.4 Å². The summed E-state index contributed by atoms with van der Waals surface area (Å²) in [7, 11) is 0. The van der Waals surface area contributed by atoms with Crippen molar-refractivity contribution in [3.8, 4) is 17.2 Å². The van der Waals surface area contributed by atoms with Gasteiger partial charge in [-0.2, -0.15) is 0 Å². The van der Waals surface area contributed by atoms with E-state index in [-0.39, 0.29) is 33.7 Å². The Morgan fingerprint density at radius 2 is 2.15 bits per heavy atom. The highest BCUT2D eigenvalue weighted by molar-refractivity contribution is 9.10. The number of guanidine groups is 1. The van der Waals surface area contributed by atoms with Crippen LogP contribution in [0.15, 0.2) is 41.6 Å². The lowest BCUT2D eigenvalue weighted by Gasteiger charge is -2.24. The Balaban J connectivity index is 1.34. The van der Waals surface area contributed by atoms with Gasteiger partial charge in [0.1, 0.15) is 5.82 Å². The van der Waals surface area contributed by atoms with E-state index in [4.69, 9.17) is 14.9 Å². The van der Waals surface area contributed by atoms with Crippen LogP contribution in [0.5, 0.6) is 0 Å². The minimum absolute atomic E-state index is 0.0312. The van der Waals surface area contributed by atoms with Gasteiger partial charge in [0.2, 0.25) is 17.5 Å². The molecule has 4 rings (SSSR count). The molecule has 0 unspecified atom stereocenters.